The molecule has 0 unspecified atom stereocenters. The van der Waals surface area contributed by atoms with Crippen molar-refractivity contribution in [3.63, 3.8) is 0 Å². The van der Waals surface area contributed by atoms with Gasteiger partial charge in [-0.1, -0.05) is 0 Å². The van der Waals surface area contributed by atoms with Crippen LogP contribution in [0.4, 0.5) is 5.69 Å². The lowest BCUT2D eigenvalue weighted by Crippen LogP contribution is -2.13. The predicted octanol–water partition coefficient (Wildman–Crippen LogP) is 3.20. The van der Waals surface area contributed by atoms with Gasteiger partial charge < -0.3 is 14.8 Å². The molecule has 0 saturated carbocycles. The van der Waals surface area contributed by atoms with Crippen LogP contribution in [0.15, 0.2) is 41.1 Å². The highest BCUT2D eigenvalue weighted by atomic mass is 32.1. The quantitative estimate of drug-likeness (QED) is 0.679. The topological polar surface area (TPSA) is 64.6 Å². The van der Waals surface area contributed by atoms with Gasteiger partial charge in [-0.15, -0.1) is 0 Å². The van der Waals surface area contributed by atoms with Crippen LogP contribution in [0.25, 0.3) is 6.08 Å². The first kappa shape index (κ1) is 15.8. The molecule has 0 spiro atoms. The van der Waals surface area contributed by atoms with Crippen molar-refractivity contribution in [1.82, 2.24) is 0 Å². The molecule has 0 saturated heterocycles. The lowest BCUT2D eigenvalue weighted by molar-refractivity contribution is -0.111. The van der Waals surface area contributed by atoms with Crippen LogP contribution >= 0.6 is 11.3 Å². The van der Waals surface area contributed by atoms with Crippen molar-refractivity contribution in [3.8, 4) is 5.75 Å². The van der Waals surface area contributed by atoms with Crippen LogP contribution in [-0.4, -0.2) is 26.1 Å². The number of carbonyl (C=O) groups is 2. The fraction of sp³-hybridized carbons (Fsp3) is 0.125. The van der Waals surface area contributed by atoms with Gasteiger partial charge in [0.25, 0.3) is 0 Å². The van der Waals surface area contributed by atoms with E-state index in [1.807, 2.05) is 16.8 Å². The SMILES string of the molecule is COC(=O)c1cc(OC)ccc1NC(=O)/C=C/c1ccsc1. The van der Waals surface area contributed by atoms with Gasteiger partial charge in [-0.2, -0.15) is 11.3 Å². The van der Waals surface area contributed by atoms with Gasteiger partial charge in [0.15, 0.2) is 0 Å². The van der Waals surface area contributed by atoms with E-state index >= 15 is 0 Å². The molecular formula is C16H15NO4S. The van der Waals surface area contributed by atoms with Crippen LogP contribution in [0.5, 0.6) is 5.75 Å². The second-order valence-electron chi connectivity index (χ2n) is 4.28. The summed E-state index contributed by atoms with van der Waals surface area (Å²) in [6, 6.07) is 6.68. The summed E-state index contributed by atoms with van der Waals surface area (Å²) in [5, 5.41) is 6.52. The Labute approximate surface area is 132 Å². The second kappa shape index (κ2) is 7.42. The first-order chi connectivity index (χ1) is 10.6. The van der Waals surface area contributed by atoms with Crippen LogP contribution in [0.1, 0.15) is 15.9 Å². The summed E-state index contributed by atoms with van der Waals surface area (Å²) >= 11 is 1.55. The van der Waals surface area contributed by atoms with Crippen molar-refractivity contribution in [1.29, 1.82) is 0 Å². The smallest absolute Gasteiger partial charge is 0.340 e. The molecule has 0 aliphatic heterocycles. The number of nitrogens with one attached hydrogen (secondary N) is 1. The molecule has 0 aliphatic rings. The molecule has 6 heteroatoms. The summed E-state index contributed by atoms with van der Waals surface area (Å²) in [5.74, 6) is -0.371. The monoisotopic (exact) mass is 317 g/mol. The Bertz CT molecular complexity index is 692. The molecule has 0 aliphatic carbocycles. The number of rotatable bonds is 5. The summed E-state index contributed by atoms with van der Waals surface area (Å²) in [5.41, 5.74) is 1.55. The average molecular weight is 317 g/mol. The van der Waals surface area contributed by atoms with Gasteiger partial charge in [-0.3, -0.25) is 4.79 Å². The number of hydrogen-bond donors (Lipinski definition) is 1. The van der Waals surface area contributed by atoms with E-state index in [9.17, 15) is 9.59 Å². The van der Waals surface area contributed by atoms with Crippen molar-refractivity contribution in [2.24, 2.45) is 0 Å². The largest absolute Gasteiger partial charge is 0.497 e. The molecule has 2 aromatic rings. The van der Waals surface area contributed by atoms with Crippen molar-refractivity contribution in [2.45, 2.75) is 0 Å². The maximum Gasteiger partial charge on any atom is 0.340 e. The minimum atomic E-state index is -0.545. The van der Waals surface area contributed by atoms with Crippen molar-refractivity contribution >= 4 is 35.0 Å². The standard InChI is InChI=1S/C16H15NO4S/c1-20-12-4-5-14(13(9-12)16(19)21-2)17-15(18)6-3-11-7-8-22-10-11/h3-10H,1-2H3,(H,17,18)/b6-3+. The van der Waals surface area contributed by atoms with E-state index in [1.54, 1.807) is 29.5 Å². The Kier molecular flexibility index (Phi) is 5.32. The molecule has 22 heavy (non-hydrogen) atoms. The number of benzene rings is 1. The van der Waals surface area contributed by atoms with Crippen molar-refractivity contribution < 1.29 is 19.1 Å². The van der Waals surface area contributed by atoms with E-state index < -0.39 is 5.97 Å². The fourth-order valence-corrected chi connectivity index (χ4v) is 2.38. The van der Waals surface area contributed by atoms with Gasteiger partial charge in [0.05, 0.1) is 25.5 Å². The van der Waals surface area contributed by atoms with Crippen molar-refractivity contribution in [3.05, 3.63) is 52.2 Å². The van der Waals surface area contributed by atoms with Crippen LogP contribution in [0.3, 0.4) is 0 Å². The lowest BCUT2D eigenvalue weighted by Gasteiger charge is -2.10. The zero-order chi connectivity index (χ0) is 15.9. The molecule has 0 bridgehead atoms. The number of esters is 1. The maximum absolute atomic E-state index is 11.9. The molecule has 0 fully saturated rings. The number of ether oxygens (including phenoxy) is 2. The second-order valence-corrected chi connectivity index (χ2v) is 5.06. The van der Waals surface area contributed by atoms with Gasteiger partial charge in [-0.25, -0.2) is 4.79 Å². The third-order valence-corrected chi connectivity index (χ3v) is 3.56. The molecule has 1 heterocycles. The molecule has 1 aromatic carbocycles. The summed E-state index contributed by atoms with van der Waals surface area (Å²) in [6.45, 7) is 0. The number of anilines is 1. The van der Waals surface area contributed by atoms with Crippen LogP contribution in [-0.2, 0) is 9.53 Å². The molecule has 1 aromatic heterocycles. The van der Waals surface area contributed by atoms with Gasteiger partial charge >= 0.3 is 5.97 Å². The maximum atomic E-state index is 11.9. The molecule has 1 N–H and O–H groups in total. The Morgan fingerprint density at radius 2 is 2.05 bits per heavy atom. The molecule has 114 valence electrons. The van der Waals surface area contributed by atoms with E-state index in [-0.39, 0.29) is 11.5 Å². The number of amides is 1. The van der Waals surface area contributed by atoms with Crippen LogP contribution < -0.4 is 10.1 Å². The summed E-state index contributed by atoms with van der Waals surface area (Å²) in [7, 11) is 2.78. The van der Waals surface area contributed by atoms with E-state index in [1.165, 1.54) is 26.4 Å². The molecule has 5 nitrogen and oxygen atoms in total. The average Bonchev–Trinajstić information content (AvgIpc) is 3.06. The van der Waals surface area contributed by atoms with E-state index in [0.29, 0.717) is 11.4 Å². The predicted molar refractivity (Wildman–Crippen MR) is 86.3 cm³/mol. The Morgan fingerprint density at radius 3 is 2.68 bits per heavy atom. The van der Waals surface area contributed by atoms with E-state index in [2.05, 4.69) is 5.32 Å². The minimum Gasteiger partial charge on any atom is -0.497 e. The molecule has 2 rings (SSSR count). The van der Waals surface area contributed by atoms with Gasteiger partial charge in [0, 0.05) is 6.08 Å². The summed E-state index contributed by atoms with van der Waals surface area (Å²) in [6.07, 6.45) is 3.11. The van der Waals surface area contributed by atoms with Gasteiger partial charge in [0.1, 0.15) is 5.75 Å². The lowest BCUT2D eigenvalue weighted by atomic mass is 10.1. The third kappa shape index (κ3) is 3.95. The summed E-state index contributed by atoms with van der Waals surface area (Å²) in [4.78, 5) is 23.7. The number of thiophene rings is 1. The highest BCUT2D eigenvalue weighted by Gasteiger charge is 2.14. The fourth-order valence-electron chi connectivity index (χ4n) is 1.75. The normalized spacial score (nSPS) is 10.5. The van der Waals surface area contributed by atoms with Crippen molar-refractivity contribution in [2.75, 3.05) is 19.5 Å². The molecule has 1 amide bonds. The van der Waals surface area contributed by atoms with E-state index in [4.69, 9.17) is 9.47 Å². The highest BCUT2D eigenvalue weighted by Crippen LogP contribution is 2.23. The van der Waals surface area contributed by atoms with Crippen LogP contribution in [0.2, 0.25) is 0 Å². The summed E-state index contributed by atoms with van der Waals surface area (Å²) < 4.78 is 9.79. The van der Waals surface area contributed by atoms with Crippen LogP contribution in [0, 0.1) is 0 Å². The Balaban J connectivity index is 2.17. The van der Waals surface area contributed by atoms with Gasteiger partial charge in [0.2, 0.25) is 5.91 Å². The zero-order valence-corrected chi connectivity index (χ0v) is 13.0. The first-order valence-electron chi connectivity index (χ1n) is 6.41. The van der Waals surface area contributed by atoms with Gasteiger partial charge in [-0.05, 0) is 46.7 Å². The number of carbonyl (C=O) groups excluding carboxylic acids is 2. The third-order valence-electron chi connectivity index (χ3n) is 2.86. The molecular weight excluding hydrogens is 302 g/mol. The molecule has 0 radical (unpaired) electrons. The Hall–Kier alpha value is -2.60. The number of hydrogen-bond acceptors (Lipinski definition) is 5. The Morgan fingerprint density at radius 1 is 1.23 bits per heavy atom. The number of methoxy groups -OCH3 is 2. The molecule has 0 atom stereocenters. The van der Waals surface area contributed by atoms with E-state index in [0.717, 1.165) is 5.56 Å². The zero-order valence-electron chi connectivity index (χ0n) is 12.2. The first-order valence-corrected chi connectivity index (χ1v) is 7.36. The minimum absolute atomic E-state index is 0.235. The highest BCUT2D eigenvalue weighted by molar-refractivity contribution is 7.08.